The number of hydrogen-bond acceptors (Lipinski definition) is 0. The molecule has 0 saturated heterocycles. The first-order valence-electron chi connectivity index (χ1n) is 7.93. The second kappa shape index (κ2) is 8.26. The summed E-state index contributed by atoms with van der Waals surface area (Å²) in [6, 6.07) is 9.60. The highest BCUT2D eigenvalue weighted by molar-refractivity contribution is 5.24. The van der Waals surface area contributed by atoms with Gasteiger partial charge in [-0.25, -0.2) is 0 Å². The Morgan fingerprint density at radius 1 is 1.10 bits per heavy atom. The van der Waals surface area contributed by atoms with Crippen LogP contribution in [0.3, 0.4) is 0 Å². The van der Waals surface area contributed by atoms with Crippen LogP contribution in [0, 0.1) is 12.8 Å². The van der Waals surface area contributed by atoms with E-state index in [1.54, 1.807) is 0 Å². The quantitative estimate of drug-likeness (QED) is 0.723. The summed E-state index contributed by atoms with van der Waals surface area (Å²) in [5.41, 5.74) is 4.22. The van der Waals surface area contributed by atoms with Crippen LogP contribution < -0.4 is 5.32 Å². The zero-order valence-electron chi connectivity index (χ0n) is 14.1. The molecule has 0 saturated carbocycles. The summed E-state index contributed by atoms with van der Waals surface area (Å²) < 4.78 is 0. The summed E-state index contributed by atoms with van der Waals surface area (Å²) in [4.78, 5) is 0. The zero-order chi connectivity index (χ0) is 15.1. The SMILES string of the molecule is CC(C)=C[C@H](C[C@H](C)c1ccc(C)cc1)[NH2+]CC(C)C. The Morgan fingerprint density at radius 2 is 1.70 bits per heavy atom. The average molecular weight is 274 g/mol. The van der Waals surface area contributed by atoms with Crippen LogP contribution in [0.4, 0.5) is 0 Å². The van der Waals surface area contributed by atoms with Gasteiger partial charge in [0.1, 0.15) is 6.04 Å². The lowest BCUT2D eigenvalue weighted by Gasteiger charge is -2.19. The lowest BCUT2D eigenvalue weighted by molar-refractivity contribution is -0.684. The predicted octanol–water partition coefficient (Wildman–Crippen LogP) is 4.04. The predicted molar refractivity (Wildman–Crippen MR) is 89.1 cm³/mol. The first kappa shape index (κ1) is 17.0. The number of rotatable bonds is 7. The van der Waals surface area contributed by atoms with Crippen LogP contribution >= 0.6 is 0 Å². The number of aryl methyl sites for hydroxylation is 1. The molecule has 2 atom stereocenters. The third kappa shape index (κ3) is 6.38. The molecule has 0 aliphatic carbocycles. The maximum absolute atomic E-state index is 2.50. The standard InChI is InChI=1S/C19H31N/c1-14(2)11-19(20-13-15(3)4)12-17(6)18-9-7-16(5)8-10-18/h7-11,15,17,19-20H,12-13H2,1-6H3/p+1/t17-,19+/m0/s1. The van der Waals surface area contributed by atoms with Gasteiger partial charge in [-0.15, -0.1) is 0 Å². The van der Waals surface area contributed by atoms with E-state index in [-0.39, 0.29) is 0 Å². The Kier molecular flexibility index (Phi) is 7.01. The molecule has 1 rings (SSSR count). The van der Waals surface area contributed by atoms with Crippen LogP contribution in [0.5, 0.6) is 0 Å². The molecule has 1 aromatic rings. The van der Waals surface area contributed by atoms with Crippen LogP contribution in [0.1, 0.15) is 58.1 Å². The number of benzene rings is 1. The molecule has 0 unspecified atom stereocenters. The van der Waals surface area contributed by atoms with Gasteiger partial charge < -0.3 is 5.32 Å². The Bertz CT molecular complexity index is 410. The van der Waals surface area contributed by atoms with Crippen molar-refractivity contribution in [2.24, 2.45) is 5.92 Å². The van der Waals surface area contributed by atoms with E-state index in [0.29, 0.717) is 12.0 Å². The first-order valence-corrected chi connectivity index (χ1v) is 7.93. The van der Waals surface area contributed by atoms with E-state index < -0.39 is 0 Å². The van der Waals surface area contributed by atoms with Crippen molar-refractivity contribution in [3.63, 3.8) is 0 Å². The van der Waals surface area contributed by atoms with Crippen LogP contribution in [0.2, 0.25) is 0 Å². The van der Waals surface area contributed by atoms with Gasteiger partial charge in [-0.3, -0.25) is 0 Å². The van der Waals surface area contributed by atoms with Crippen molar-refractivity contribution >= 4 is 0 Å². The topological polar surface area (TPSA) is 16.6 Å². The highest BCUT2D eigenvalue weighted by Gasteiger charge is 2.15. The van der Waals surface area contributed by atoms with Gasteiger partial charge in [0.15, 0.2) is 0 Å². The largest absolute Gasteiger partial charge is 0.340 e. The molecule has 0 heterocycles. The molecule has 0 fully saturated rings. The average Bonchev–Trinajstić information content (AvgIpc) is 2.36. The van der Waals surface area contributed by atoms with Gasteiger partial charge in [-0.2, -0.15) is 0 Å². The Morgan fingerprint density at radius 3 is 2.20 bits per heavy atom. The fourth-order valence-corrected chi connectivity index (χ4v) is 2.55. The Labute approximate surface area is 125 Å². The van der Waals surface area contributed by atoms with Gasteiger partial charge in [0.2, 0.25) is 0 Å². The second-order valence-electron chi connectivity index (χ2n) is 6.82. The molecule has 0 spiro atoms. The highest BCUT2D eigenvalue weighted by Crippen LogP contribution is 2.20. The normalized spacial score (nSPS) is 14.2. The molecule has 1 nitrogen and oxygen atoms in total. The summed E-state index contributed by atoms with van der Waals surface area (Å²) in [5, 5.41) is 2.50. The van der Waals surface area contributed by atoms with Crippen LogP contribution in [-0.4, -0.2) is 12.6 Å². The van der Waals surface area contributed by atoms with E-state index in [1.165, 1.54) is 29.7 Å². The first-order chi connectivity index (χ1) is 9.38. The molecule has 0 aromatic heterocycles. The lowest BCUT2D eigenvalue weighted by Crippen LogP contribution is -2.90. The third-order valence-electron chi connectivity index (χ3n) is 3.73. The minimum atomic E-state index is 0.596. The number of hydrogen-bond donors (Lipinski definition) is 1. The van der Waals surface area contributed by atoms with E-state index >= 15 is 0 Å². The maximum atomic E-state index is 2.50. The van der Waals surface area contributed by atoms with Crippen molar-refractivity contribution in [1.29, 1.82) is 0 Å². The number of allylic oxidation sites excluding steroid dienone is 1. The fourth-order valence-electron chi connectivity index (χ4n) is 2.55. The molecule has 0 aliphatic heterocycles. The lowest BCUT2D eigenvalue weighted by atomic mass is 9.92. The number of quaternary nitrogens is 1. The van der Waals surface area contributed by atoms with E-state index in [2.05, 4.69) is 77.2 Å². The smallest absolute Gasteiger partial charge is 0.105 e. The Hall–Kier alpha value is -1.08. The third-order valence-corrected chi connectivity index (χ3v) is 3.73. The van der Waals surface area contributed by atoms with Crippen molar-refractivity contribution < 1.29 is 5.32 Å². The summed E-state index contributed by atoms with van der Waals surface area (Å²) in [6.45, 7) is 14.7. The molecule has 2 N–H and O–H groups in total. The van der Waals surface area contributed by atoms with Gasteiger partial charge >= 0.3 is 0 Å². The minimum absolute atomic E-state index is 0.596. The molecule has 0 aliphatic rings. The molecular weight excluding hydrogens is 242 g/mol. The van der Waals surface area contributed by atoms with Crippen LogP contribution in [0.15, 0.2) is 35.9 Å². The van der Waals surface area contributed by atoms with Gasteiger partial charge in [0.05, 0.1) is 6.54 Å². The van der Waals surface area contributed by atoms with Gasteiger partial charge in [0, 0.05) is 12.3 Å². The number of nitrogens with two attached hydrogens (primary N) is 1. The van der Waals surface area contributed by atoms with Crippen molar-refractivity contribution in [1.82, 2.24) is 0 Å². The van der Waals surface area contributed by atoms with E-state index in [4.69, 9.17) is 0 Å². The minimum Gasteiger partial charge on any atom is -0.340 e. The molecule has 1 heteroatoms. The van der Waals surface area contributed by atoms with Crippen molar-refractivity contribution in [2.75, 3.05) is 6.54 Å². The van der Waals surface area contributed by atoms with Gasteiger partial charge in [0.25, 0.3) is 0 Å². The molecule has 0 bridgehead atoms. The summed E-state index contributed by atoms with van der Waals surface area (Å²) >= 11 is 0. The van der Waals surface area contributed by atoms with Crippen molar-refractivity contribution in [2.45, 2.75) is 59.9 Å². The van der Waals surface area contributed by atoms with E-state index in [0.717, 1.165) is 5.92 Å². The highest BCUT2D eigenvalue weighted by atomic mass is 14.9. The second-order valence-corrected chi connectivity index (χ2v) is 6.82. The van der Waals surface area contributed by atoms with Crippen LogP contribution in [0.25, 0.3) is 0 Å². The van der Waals surface area contributed by atoms with Gasteiger partial charge in [-0.1, -0.05) is 56.2 Å². The molecule has 20 heavy (non-hydrogen) atoms. The molecule has 0 amide bonds. The summed E-state index contributed by atoms with van der Waals surface area (Å²) in [7, 11) is 0. The summed E-state index contributed by atoms with van der Waals surface area (Å²) in [6.07, 6.45) is 3.63. The van der Waals surface area contributed by atoms with Crippen LogP contribution in [-0.2, 0) is 0 Å². The fraction of sp³-hybridized carbons (Fsp3) is 0.579. The molecule has 112 valence electrons. The Balaban J connectivity index is 2.67. The van der Waals surface area contributed by atoms with E-state index in [9.17, 15) is 0 Å². The molecular formula is C19H32N+. The summed E-state index contributed by atoms with van der Waals surface area (Å²) in [5.74, 6) is 1.36. The maximum Gasteiger partial charge on any atom is 0.105 e. The van der Waals surface area contributed by atoms with E-state index in [1.807, 2.05) is 0 Å². The zero-order valence-corrected chi connectivity index (χ0v) is 14.1. The van der Waals surface area contributed by atoms with Crippen molar-refractivity contribution in [3.05, 3.63) is 47.0 Å². The monoisotopic (exact) mass is 274 g/mol. The van der Waals surface area contributed by atoms with Gasteiger partial charge in [-0.05, 0) is 38.3 Å². The molecule has 1 aromatic carbocycles. The molecule has 0 radical (unpaired) electrons. The van der Waals surface area contributed by atoms with Crippen molar-refractivity contribution in [3.8, 4) is 0 Å².